The molecule has 1 heterocycles. The largest absolute Gasteiger partial charge is 0.306 e. The van der Waals surface area contributed by atoms with Gasteiger partial charge in [0.15, 0.2) is 0 Å². The molecule has 1 N–H and O–H groups in total. The first-order chi connectivity index (χ1) is 6.63. The standard InChI is InChI=1S/C12H17NS/c1-5-6-9(2)13-11(4)12-8-7-10(3)14-12/h1,7-9,11,13H,6H2,2-4H3. The Labute approximate surface area is 90.5 Å². The fraction of sp³-hybridized carbons (Fsp3) is 0.500. The second-order valence-corrected chi connectivity index (χ2v) is 4.97. The van der Waals surface area contributed by atoms with Crippen molar-refractivity contribution in [2.45, 2.75) is 39.3 Å². The van der Waals surface area contributed by atoms with E-state index in [9.17, 15) is 0 Å². The van der Waals surface area contributed by atoms with Gasteiger partial charge in [-0.1, -0.05) is 0 Å². The maximum absolute atomic E-state index is 5.26. The summed E-state index contributed by atoms with van der Waals surface area (Å²) in [4.78, 5) is 2.74. The second kappa shape index (κ2) is 5.19. The maximum Gasteiger partial charge on any atom is 0.0388 e. The Kier molecular flexibility index (Phi) is 4.19. The van der Waals surface area contributed by atoms with Crippen LogP contribution in [0.1, 0.15) is 36.1 Å². The molecule has 0 aliphatic rings. The van der Waals surface area contributed by atoms with Crippen molar-refractivity contribution in [2.75, 3.05) is 0 Å². The molecule has 0 radical (unpaired) electrons. The summed E-state index contributed by atoms with van der Waals surface area (Å²) < 4.78 is 0. The summed E-state index contributed by atoms with van der Waals surface area (Å²) in [5, 5.41) is 3.48. The van der Waals surface area contributed by atoms with E-state index in [4.69, 9.17) is 6.42 Å². The number of nitrogens with one attached hydrogen (secondary N) is 1. The van der Waals surface area contributed by atoms with E-state index in [2.05, 4.69) is 44.1 Å². The normalized spacial score (nSPS) is 14.7. The van der Waals surface area contributed by atoms with Crippen molar-refractivity contribution in [3.63, 3.8) is 0 Å². The van der Waals surface area contributed by atoms with E-state index in [1.165, 1.54) is 9.75 Å². The number of thiophene rings is 1. The number of hydrogen-bond acceptors (Lipinski definition) is 2. The van der Waals surface area contributed by atoms with Crippen LogP contribution in [0.4, 0.5) is 0 Å². The molecule has 0 aliphatic heterocycles. The van der Waals surface area contributed by atoms with Crippen LogP contribution in [-0.2, 0) is 0 Å². The molecule has 0 aromatic carbocycles. The summed E-state index contributed by atoms with van der Waals surface area (Å²) in [5.41, 5.74) is 0. The zero-order valence-corrected chi connectivity index (χ0v) is 9.82. The Hall–Kier alpha value is -0.780. The van der Waals surface area contributed by atoms with Crippen LogP contribution in [0, 0.1) is 19.3 Å². The monoisotopic (exact) mass is 207 g/mol. The minimum absolute atomic E-state index is 0.386. The van der Waals surface area contributed by atoms with Gasteiger partial charge < -0.3 is 5.32 Å². The Morgan fingerprint density at radius 1 is 1.50 bits per heavy atom. The molecule has 76 valence electrons. The van der Waals surface area contributed by atoms with Crippen LogP contribution in [0.2, 0.25) is 0 Å². The lowest BCUT2D eigenvalue weighted by atomic mass is 10.2. The minimum Gasteiger partial charge on any atom is -0.306 e. The van der Waals surface area contributed by atoms with E-state index < -0.39 is 0 Å². The first-order valence-electron chi connectivity index (χ1n) is 4.89. The van der Waals surface area contributed by atoms with E-state index in [1.54, 1.807) is 0 Å². The van der Waals surface area contributed by atoms with Crippen molar-refractivity contribution in [1.82, 2.24) is 5.32 Å². The van der Waals surface area contributed by atoms with E-state index >= 15 is 0 Å². The number of hydrogen-bond donors (Lipinski definition) is 1. The van der Waals surface area contributed by atoms with E-state index in [1.807, 2.05) is 11.3 Å². The molecule has 0 bridgehead atoms. The van der Waals surface area contributed by atoms with Crippen LogP contribution in [0.15, 0.2) is 12.1 Å². The molecule has 1 aromatic heterocycles. The smallest absolute Gasteiger partial charge is 0.0388 e. The van der Waals surface area contributed by atoms with Crippen LogP contribution < -0.4 is 5.32 Å². The Balaban J connectivity index is 2.50. The van der Waals surface area contributed by atoms with E-state index in [0.717, 1.165) is 6.42 Å². The van der Waals surface area contributed by atoms with Crippen molar-refractivity contribution in [3.05, 3.63) is 21.9 Å². The van der Waals surface area contributed by atoms with E-state index in [0.29, 0.717) is 12.1 Å². The second-order valence-electron chi connectivity index (χ2n) is 3.65. The van der Waals surface area contributed by atoms with Crippen LogP contribution in [-0.4, -0.2) is 6.04 Å². The van der Waals surface area contributed by atoms with Crippen LogP contribution in [0.5, 0.6) is 0 Å². The molecule has 0 fully saturated rings. The average Bonchev–Trinajstić information content (AvgIpc) is 2.52. The Bertz CT molecular complexity index is 321. The molecule has 1 nitrogen and oxygen atoms in total. The van der Waals surface area contributed by atoms with Gasteiger partial charge in [0.2, 0.25) is 0 Å². The summed E-state index contributed by atoms with van der Waals surface area (Å²) in [6.07, 6.45) is 6.05. The van der Waals surface area contributed by atoms with Gasteiger partial charge >= 0.3 is 0 Å². The highest BCUT2D eigenvalue weighted by Gasteiger charge is 2.09. The molecule has 2 heteroatoms. The lowest BCUT2D eigenvalue weighted by molar-refractivity contribution is 0.491. The lowest BCUT2D eigenvalue weighted by Gasteiger charge is -2.16. The van der Waals surface area contributed by atoms with Crippen LogP contribution in [0.3, 0.4) is 0 Å². The quantitative estimate of drug-likeness (QED) is 0.748. The Morgan fingerprint density at radius 3 is 2.71 bits per heavy atom. The predicted octanol–water partition coefficient (Wildman–Crippen LogP) is 3.12. The van der Waals surface area contributed by atoms with Crippen LogP contribution >= 0.6 is 11.3 Å². The van der Waals surface area contributed by atoms with Gasteiger partial charge in [-0.15, -0.1) is 23.7 Å². The van der Waals surface area contributed by atoms with Gasteiger partial charge in [-0.25, -0.2) is 0 Å². The summed E-state index contributed by atoms with van der Waals surface area (Å²) >= 11 is 1.84. The molecule has 1 aromatic rings. The van der Waals surface area contributed by atoms with Crippen molar-refractivity contribution in [2.24, 2.45) is 0 Å². The number of terminal acetylenes is 1. The third kappa shape index (κ3) is 3.17. The van der Waals surface area contributed by atoms with Crippen LogP contribution in [0.25, 0.3) is 0 Å². The zero-order valence-electron chi connectivity index (χ0n) is 9.00. The SMILES string of the molecule is C#CCC(C)NC(C)c1ccc(C)s1. The lowest BCUT2D eigenvalue weighted by Crippen LogP contribution is -2.27. The molecule has 14 heavy (non-hydrogen) atoms. The third-order valence-electron chi connectivity index (χ3n) is 2.15. The van der Waals surface area contributed by atoms with Gasteiger partial charge in [0.05, 0.1) is 0 Å². The van der Waals surface area contributed by atoms with Gasteiger partial charge in [-0.3, -0.25) is 0 Å². The fourth-order valence-electron chi connectivity index (χ4n) is 1.43. The average molecular weight is 207 g/mol. The summed E-state index contributed by atoms with van der Waals surface area (Å²) in [7, 11) is 0. The van der Waals surface area contributed by atoms with Gasteiger partial charge in [0, 0.05) is 28.3 Å². The highest BCUT2D eigenvalue weighted by molar-refractivity contribution is 7.12. The fourth-order valence-corrected chi connectivity index (χ4v) is 2.32. The van der Waals surface area contributed by atoms with Gasteiger partial charge in [0.25, 0.3) is 0 Å². The topological polar surface area (TPSA) is 12.0 Å². The molecule has 2 unspecified atom stereocenters. The van der Waals surface area contributed by atoms with Gasteiger partial charge in [0.1, 0.15) is 0 Å². The number of aryl methyl sites for hydroxylation is 1. The predicted molar refractivity (Wildman–Crippen MR) is 63.5 cm³/mol. The van der Waals surface area contributed by atoms with Crippen molar-refractivity contribution >= 4 is 11.3 Å². The highest BCUT2D eigenvalue weighted by atomic mass is 32.1. The first kappa shape index (κ1) is 11.3. The minimum atomic E-state index is 0.386. The van der Waals surface area contributed by atoms with E-state index in [-0.39, 0.29) is 0 Å². The molecule has 0 saturated heterocycles. The highest BCUT2D eigenvalue weighted by Crippen LogP contribution is 2.22. The third-order valence-corrected chi connectivity index (χ3v) is 3.33. The van der Waals surface area contributed by atoms with Gasteiger partial charge in [-0.05, 0) is 32.9 Å². The molecule has 0 spiro atoms. The molecule has 2 atom stereocenters. The van der Waals surface area contributed by atoms with Gasteiger partial charge in [-0.2, -0.15) is 0 Å². The molecule has 0 aliphatic carbocycles. The summed E-state index contributed by atoms with van der Waals surface area (Å²) in [6, 6.07) is 5.12. The molecule has 0 saturated carbocycles. The summed E-state index contributed by atoms with van der Waals surface area (Å²) in [5.74, 6) is 2.67. The van der Waals surface area contributed by atoms with Crippen molar-refractivity contribution in [1.29, 1.82) is 0 Å². The van der Waals surface area contributed by atoms with Crippen molar-refractivity contribution in [3.8, 4) is 12.3 Å². The molecule has 1 rings (SSSR count). The molecular weight excluding hydrogens is 190 g/mol. The summed E-state index contributed by atoms with van der Waals surface area (Å²) in [6.45, 7) is 6.43. The zero-order chi connectivity index (χ0) is 10.6. The molecular formula is C12H17NS. The first-order valence-corrected chi connectivity index (χ1v) is 5.71. The van der Waals surface area contributed by atoms with Crippen molar-refractivity contribution < 1.29 is 0 Å². The molecule has 0 amide bonds. The maximum atomic E-state index is 5.26. The Morgan fingerprint density at radius 2 is 2.21 bits per heavy atom. The number of rotatable bonds is 4.